The highest BCUT2D eigenvalue weighted by Crippen LogP contribution is 2.69. The number of rotatable bonds is 8. The van der Waals surface area contributed by atoms with Crippen molar-refractivity contribution in [3.05, 3.63) is 143 Å². The van der Waals surface area contributed by atoms with Crippen molar-refractivity contribution < 1.29 is 28.8 Å². The third kappa shape index (κ3) is 5.33. The summed E-state index contributed by atoms with van der Waals surface area (Å²) in [5.74, 6) is 4.53. The van der Waals surface area contributed by atoms with Gasteiger partial charge in [-0.3, -0.25) is 0 Å². The molecule has 2 aliphatic heterocycles. The maximum absolute atomic E-state index is 9.88. The highest BCUT2D eigenvalue weighted by molar-refractivity contribution is 6.11. The van der Waals surface area contributed by atoms with Gasteiger partial charge < -0.3 is 33.7 Å². The largest absolute Gasteiger partial charge is 0.497 e. The fraction of sp³-hybridized carbons (Fsp3) is 0.308. The van der Waals surface area contributed by atoms with Crippen molar-refractivity contribution in [1.82, 2.24) is 0 Å². The van der Waals surface area contributed by atoms with Gasteiger partial charge in [0.15, 0.2) is 5.60 Å². The minimum absolute atomic E-state index is 0.00124. The topological polar surface area (TPSA) is 69.6 Å². The monoisotopic (exact) mass is 783 g/mol. The Morgan fingerprint density at radius 2 is 1.54 bits per heavy atom. The molecule has 2 heterocycles. The molecule has 6 aromatic rings. The van der Waals surface area contributed by atoms with Crippen LogP contribution in [0.2, 0.25) is 0 Å². The molecule has 0 amide bonds. The first-order chi connectivity index (χ1) is 29.0. The number of methoxy groups -OCH3 is 3. The Labute approximate surface area is 345 Å². The molecule has 0 aromatic heterocycles. The van der Waals surface area contributed by atoms with Gasteiger partial charge in [0.05, 0.1) is 46.8 Å². The van der Waals surface area contributed by atoms with Crippen LogP contribution in [0.5, 0.6) is 23.0 Å². The Morgan fingerprint density at radius 3 is 2.25 bits per heavy atom. The predicted octanol–water partition coefficient (Wildman–Crippen LogP) is 10.3. The molecule has 11 rings (SSSR count). The zero-order valence-corrected chi connectivity index (χ0v) is 33.9. The lowest BCUT2D eigenvalue weighted by Gasteiger charge is -2.41. The molecule has 1 N–H and O–H groups in total. The minimum Gasteiger partial charge on any atom is -0.497 e. The maximum Gasteiger partial charge on any atom is 0.178 e. The van der Waals surface area contributed by atoms with E-state index in [2.05, 4.69) is 95.9 Å². The van der Waals surface area contributed by atoms with E-state index in [0.29, 0.717) is 25.0 Å². The molecule has 2 bridgehead atoms. The van der Waals surface area contributed by atoms with Gasteiger partial charge in [-0.1, -0.05) is 79.2 Å². The average molecular weight is 784 g/mol. The smallest absolute Gasteiger partial charge is 0.178 e. The summed E-state index contributed by atoms with van der Waals surface area (Å²) in [5, 5.41) is 12.1. The van der Waals surface area contributed by atoms with Crippen LogP contribution in [0.3, 0.4) is 0 Å². The van der Waals surface area contributed by atoms with Crippen LogP contribution in [0.15, 0.2) is 109 Å². The third-order valence-corrected chi connectivity index (χ3v) is 14.3. The molecule has 298 valence electrons. The third-order valence-electron chi connectivity index (χ3n) is 14.3. The summed E-state index contributed by atoms with van der Waals surface area (Å²) in [6, 6.07) is 36.7. The van der Waals surface area contributed by atoms with Crippen molar-refractivity contribution in [3.63, 3.8) is 0 Å². The highest BCUT2D eigenvalue weighted by Gasteiger charge is 2.58. The van der Waals surface area contributed by atoms with E-state index < -0.39 is 5.60 Å². The van der Waals surface area contributed by atoms with E-state index >= 15 is 0 Å². The Bertz CT molecular complexity index is 2640. The van der Waals surface area contributed by atoms with Gasteiger partial charge in [0.25, 0.3) is 0 Å². The van der Waals surface area contributed by atoms with Gasteiger partial charge in [0.1, 0.15) is 23.0 Å². The molecule has 1 saturated heterocycles. The molecule has 59 heavy (non-hydrogen) atoms. The average Bonchev–Trinajstić information content (AvgIpc) is 4.01. The number of hydrogen-bond acceptors (Lipinski definition) is 7. The Balaban J connectivity index is 1.21. The van der Waals surface area contributed by atoms with Gasteiger partial charge in [0.2, 0.25) is 0 Å². The Hall–Kier alpha value is -5.76. The van der Waals surface area contributed by atoms with Crippen molar-refractivity contribution >= 4 is 22.5 Å². The predicted molar refractivity (Wildman–Crippen MR) is 233 cm³/mol. The molecule has 3 aliphatic carbocycles. The summed E-state index contributed by atoms with van der Waals surface area (Å²) in [7, 11) is 5.19. The lowest BCUT2D eigenvalue weighted by Crippen LogP contribution is -2.38. The summed E-state index contributed by atoms with van der Waals surface area (Å²) in [6.07, 6.45) is 9.65. The van der Waals surface area contributed by atoms with Crippen molar-refractivity contribution in [1.29, 1.82) is 0 Å². The molecule has 7 nitrogen and oxygen atoms in total. The molecule has 1 spiro atoms. The Kier molecular flexibility index (Phi) is 8.58. The van der Waals surface area contributed by atoms with Crippen molar-refractivity contribution in [2.45, 2.75) is 43.3 Å². The fourth-order valence-corrected chi connectivity index (χ4v) is 11.6. The number of anilines is 1. The number of hydrogen-bond donors (Lipinski definition) is 1. The highest BCUT2D eigenvalue weighted by atomic mass is 16.5. The molecule has 6 aromatic carbocycles. The number of aliphatic hydroxyl groups is 1. The molecule has 4 unspecified atom stereocenters. The van der Waals surface area contributed by atoms with E-state index in [4.69, 9.17) is 23.7 Å². The SMILES string of the molecule is COc1ccc(C2(c3ccc(OC)c(N4CCOCC4)c3)C=Cc3c4c(c5cc(-c6ccc(CO)cc6)c(OC)cc5c3O2)-c2ccccc2C42CC3CCC2C3)cc1. The van der Waals surface area contributed by atoms with E-state index in [1.807, 2.05) is 24.3 Å². The van der Waals surface area contributed by atoms with Crippen molar-refractivity contribution in [2.24, 2.45) is 11.8 Å². The summed E-state index contributed by atoms with van der Waals surface area (Å²) < 4.78 is 31.6. The molecular weight excluding hydrogens is 735 g/mol. The van der Waals surface area contributed by atoms with Gasteiger partial charge in [0, 0.05) is 46.1 Å². The minimum atomic E-state index is -0.993. The zero-order valence-electron chi connectivity index (χ0n) is 33.9. The number of nitrogens with zero attached hydrogens (tertiary/aromatic N) is 1. The fourth-order valence-electron chi connectivity index (χ4n) is 11.6. The molecule has 7 heteroatoms. The molecule has 0 radical (unpaired) electrons. The van der Waals surface area contributed by atoms with Crippen LogP contribution in [0, 0.1) is 11.8 Å². The standard InChI is InChI=1S/C52H49NO6/c1-55-38-17-14-35(15-18-38)52(37-16-19-46(56-2)45(27-37)53-22-24-58-25-23-53)21-20-40-49-48(39-6-4-5-7-44(39)51(49)30-33-10-13-36(51)26-33)42-28-41(34-11-8-32(31-54)9-12-34)47(57-3)29-43(42)50(40)59-52/h4-9,11-12,14-21,27-29,33,36,54H,10,13,22-26,30-31H2,1-3H3. The number of ether oxygens (including phenoxy) is 5. The normalized spacial score (nSPS) is 23.6. The summed E-state index contributed by atoms with van der Waals surface area (Å²) in [4.78, 5) is 2.35. The first-order valence-electron chi connectivity index (χ1n) is 21.1. The van der Waals surface area contributed by atoms with E-state index in [1.165, 1.54) is 47.1 Å². The molecule has 2 saturated carbocycles. The second kappa shape index (κ2) is 13.9. The van der Waals surface area contributed by atoms with E-state index in [9.17, 15) is 5.11 Å². The van der Waals surface area contributed by atoms with Gasteiger partial charge in [-0.25, -0.2) is 0 Å². The van der Waals surface area contributed by atoms with Gasteiger partial charge in [-0.05, 0) is 112 Å². The van der Waals surface area contributed by atoms with E-state index in [1.54, 1.807) is 21.3 Å². The van der Waals surface area contributed by atoms with Gasteiger partial charge in [-0.2, -0.15) is 0 Å². The maximum atomic E-state index is 9.88. The number of aliphatic hydroxyl groups excluding tert-OH is 1. The molecular formula is C52H49NO6. The lowest BCUT2D eigenvalue weighted by molar-refractivity contribution is 0.122. The first kappa shape index (κ1) is 36.3. The number of benzene rings is 6. The second-order valence-corrected chi connectivity index (χ2v) is 16.9. The second-order valence-electron chi connectivity index (χ2n) is 16.9. The van der Waals surface area contributed by atoms with Crippen LogP contribution in [0.25, 0.3) is 39.1 Å². The summed E-state index contributed by atoms with van der Waals surface area (Å²) >= 11 is 0. The first-order valence-corrected chi connectivity index (χ1v) is 21.1. The van der Waals surface area contributed by atoms with Crippen LogP contribution in [-0.2, 0) is 22.4 Å². The summed E-state index contributed by atoms with van der Waals surface area (Å²) in [5.41, 5.74) is 11.6. The molecule has 5 aliphatic rings. The quantitative estimate of drug-likeness (QED) is 0.165. The van der Waals surface area contributed by atoms with Crippen LogP contribution in [0.4, 0.5) is 5.69 Å². The van der Waals surface area contributed by atoms with Crippen molar-refractivity contribution in [2.75, 3.05) is 52.5 Å². The number of fused-ring (bicyclic) bond motifs is 13. The Morgan fingerprint density at radius 1 is 0.763 bits per heavy atom. The molecule has 4 atom stereocenters. The van der Waals surface area contributed by atoms with Crippen molar-refractivity contribution in [3.8, 4) is 45.3 Å². The van der Waals surface area contributed by atoms with Gasteiger partial charge >= 0.3 is 0 Å². The zero-order chi connectivity index (χ0) is 39.9. The lowest BCUT2D eigenvalue weighted by atomic mass is 9.65. The molecule has 3 fully saturated rings. The van der Waals surface area contributed by atoms with Crippen LogP contribution >= 0.6 is 0 Å². The van der Waals surface area contributed by atoms with Crippen LogP contribution in [-0.4, -0.2) is 52.7 Å². The number of morpholine rings is 1. The van der Waals surface area contributed by atoms with Crippen LogP contribution < -0.4 is 23.8 Å². The van der Waals surface area contributed by atoms with Gasteiger partial charge in [-0.15, -0.1) is 0 Å². The van der Waals surface area contributed by atoms with Crippen LogP contribution in [0.1, 0.15) is 59.1 Å². The van der Waals surface area contributed by atoms with E-state index in [0.717, 1.165) is 86.8 Å². The van der Waals surface area contributed by atoms with E-state index in [-0.39, 0.29) is 12.0 Å². The summed E-state index contributed by atoms with van der Waals surface area (Å²) in [6.45, 7) is 2.89.